The lowest BCUT2D eigenvalue weighted by molar-refractivity contribution is -0.133. The zero-order valence-electron chi connectivity index (χ0n) is 16.3. The first-order valence-corrected chi connectivity index (χ1v) is 12.2. The second-order valence-corrected chi connectivity index (χ2v) is 10.3. The molecule has 0 bridgehead atoms. The maximum absolute atomic E-state index is 13.2. The lowest BCUT2D eigenvalue weighted by Crippen LogP contribution is -2.17. The lowest BCUT2D eigenvalue weighted by Gasteiger charge is -2.16. The van der Waals surface area contributed by atoms with Crippen molar-refractivity contribution in [1.82, 2.24) is 9.36 Å². The third kappa shape index (κ3) is 3.70. The van der Waals surface area contributed by atoms with E-state index in [0.29, 0.717) is 29.9 Å². The van der Waals surface area contributed by atoms with Crippen LogP contribution in [0.5, 0.6) is 0 Å². The molecule has 1 N–H and O–H groups in total. The Morgan fingerprint density at radius 2 is 1.72 bits per heavy atom. The normalized spacial score (nSPS) is 19.3. The molecule has 0 radical (unpaired) electrons. The van der Waals surface area contributed by atoms with Crippen LogP contribution in [0.2, 0.25) is 0 Å². The van der Waals surface area contributed by atoms with Crippen LogP contribution in [-0.2, 0) is 28.9 Å². The summed E-state index contributed by atoms with van der Waals surface area (Å²) in [6.45, 7) is 0. The smallest absolute Gasteiger partial charge is 0.331 e. The van der Waals surface area contributed by atoms with Gasteiger partial charge in [0.15, 0.2) is 5.78 Å². The molecule has 3 aliphatic rings. The molecule has 152 valence electrons. The van der Waals surface area contributed by atoms with Gasteiger partial charge in [0, 0.05) is 38.8 Å². The van der Waals surface area contributed by atoms with Crippen molar-refractivity contribution in [2.24, 2.45) is 0 Å². The van der Waals surface area contributed by atoms with Crippen molar-refractivity contribution in [1.29, 1.82) is 0 Å². The van der Waals surface area contributed by atoms with Crippen molar-refractivity contribution in [3.05, 3.63) is 32.3 Å². The molecule has 1 saturated carbocycles. The average Bonchev–Trinajstić information content (AvgIpc) is 3.35. The van der Waals surface area contributed by atoms with Crippen LogP contribution in [0.4, 0.5) is 0 Å². The SMILES string of the molecule is O=C(O)C1=C(C(=O)Cc2sc3c(c2-c2nc(C4CC4)ns2)CCCC3)CCCC1. The number of aryl methyl sites for hydroxylation is 1. The van der Waals surface area contributed by atoms with Crippen LogP contribution in [0.25, 0.3) is 10.6 Å². The Hall–Kier alpha value is -1.86. The van der Waals surface area contributed by atoms with Crippen molar-refractivity contribution >= 4 is 34.6 Å². The number of allylic oxidation sites excluding steroid dienone is 1. The molecule has 0 amide bonds. The number of carboxylic acids is 1. The number of rotatable bonds is 6. The number of aromatic nitrogens is 2. The first kappa shape index (κ1) is 19.1. The van der Waals surface area contributed by atoms with Crippen LogP contribution in [-0.4, -0.2) is 26.2 Å². The fourth-order valence-electron chi connectivity index (χ4n) is 4.54. The molecule has 0 saturated heterocycles. The number of ketones is 1. The van der Waals surface area contributed by atoms with Crippen molar-refractivity contribution in [2.75, 3.05) is 0 Å². The quantitative estimate of drug-likeness (QED) is 0.693. The molecule has 5 nitrogen and oxygen atoms in total. The van der Waals surface area contributed by atoms with Crippen LogP contribution in [0.1, 0.15) is 78.4 Å². The van der Waals surface area contributed by atoms with Gasteiger partial charge < -0.3 is 5.11 Å². The van der Waals surface area contributed by atoms with E-state index in [2.05, 4.69) is 4.37 Å². The van der Waals surface area contributed by atoms with Crippen LogP contribution in [0.15, 0.2) is 11.1 Å². The third-order valence-electron chi connectivity index (χ3n) is 6.23. The topological polar surface area (TPSA) is 80.1 Å². The number of aliphatic carboxylic acids is 1. The molecule has 0 aromatic carbocycles. The minimum atomic E-state index is -0.933. The maximum Gasteiger partial charge on any atom is 0.331 e. The third-order valence-corrected chi connectivity index (χ3v) is 8.26. The van der Waals surface area contributed by atoms with Gasteiger partial charge in [-0.25, -0.2) is 9.78 Å². The van der Waals surface area contributed by atoms with E-state index in [1.54, 1.807) is 11.3 Å². The number of hydrogen-bond donors (Lipinski definition) is 1. The van der Waals surface area contributed by atoms with Gasteiger partial charge in [-0.1, -0.05) is 0 Å². The van der Waals surface area contributed by atoms with Crippen LogP contribution in [0, 0.1) is 0 Å². The van der Waals surface area contributed by atoms with Gasteiger partial charge in [-0.05, 0) is 81.3 Å². The summed E-state index contributed by atoms with van der Waals surface area (Å²) in [4.78, 5) is 32.1. The molecule has 1 fully saturated rings. The largest absolute Gasteiger partial charge is 0.478 e. The van der Waals surface area contributed by atoms with E-state index in [-0.39, 0.29) is 12.2 Å². The van der Waals surface area contributed by atoms with Crippen molar-refractivity contribution in [2.45, 2.75) is 76.5 Å². The molecule has 2 aromatic rings. The van der Waals surface area contributed by atoms with Gasteiger partial charge in [-0.3, -0.25) is 4.79 Å². The Morgan fingerprint density at radius 3 is 2.48 bits per heavy atom. The Bertz CT molecular complexity index is 1010. The average molecular weight is 429 g/mol. The minimum Gasteiger partial charge on any atom is -0.478 e. The fraction of sp³-hybridized carbons (Fsp3) is 0.545. The second kappa shape index (κ2) is 7.76. The number of Topliss-reactive ketones (excluding diaryl/α,β-unsaturated/α-hetero) is 1. The van der Waals surface area contributed by atoms with Crippen LogP contribution < -0.4 is 0 Å². The van der Waals surface area contributed by atoms with E-state index in [0.717, 1.165) is 47.0 Å². The highest BCUT2D eigenvalue weighted by Gasteiger charge is 2.31. The molecule has 0 aliphatic heterocycles. The predicted molar refractivity (Wildman–Crippen MR) is 114 cm³/mol. The van der Waals surface area contributed by atoms with Crippen LogP contribution >= 0.6 is 22.9 Å². The molecule has 2 heterocycles. The molecule has 0 spiro atoms. The summed E-state index contributed by atoms with van der Waals surface area (Å²) in [5, 5.41) is 10.5. The van der Waals surface area contributed by atoms with E-state index in [4.69, 9.17) is 4.98 Å². The fourth-order valence-corrected chi connectivity index (χ4v) is 6.84. The van der Waals surface area contributed by atoms with Crippen molar-refractivity contribution < 1.29 is 14.7 Å². The highest BCUT2D eigenvalue weighted by molar-refractivity contribution is 7.14. The summed E-state index contributed by atoms with van der Waals surface area (Å²) >= 11 is 3.20. The summed E-state index contributed by atoms with van der Waals surface area (Å²) in [7, 11) is 0. The summed E-state index contributed by atoms with van der Waals surface area (Å²) in [5.74, 6) is 0.525. The Labute approximate surface area is 178 Å². The number of nitrogens with zero attached hydrogens (tertiary/aromatic N) is 2. The predicted octanol–water partition coefficient (Wildman–Crippen LogP) is 5.09. The van der Waals surface area contributed by atoms with Gasteiger partial charge in [0.1, 0.15) is 10.8 Å². The number of carbonyl (C=O) groups excluding carboxylic acids is 1. The standard InChI is InChI=1S/C22H24N2O3S2/c25-16(13-5-1-2-6-14(13)22(26)27)11-18-19(15-7-3-4-8-17(15)28-18)21-23-20(24-29-21)12-9-10-12/h12H,1-11H2,(H,26,27). The molecule has 2 aromatic heterocycles. The van der Waals surface area contributed by atoms with E-state index in [9.17, 15) is 14.7 Å². The molecular weight excluding hydrogens is 404 g/mol. The number of carboxylic acid groups (broad SMARTS) is 1. The zero-order chi connectivity index (χ0) is 20.0. The van der Waals surface area contributed by atoms with Gasteiger partial charge in [0.05, 0.1) is 0 Å². The zero-order valence-corrected chi connectivity index (χ0v) is 18.0. The number of hydrogen-bond acceptors (Lipinski definition) is 6. The van der Waals surface area contributed by atoms with Crippen molar-refractivity contribution in [3.63, 3.8) is 0 Å². The van der Waals surface area contributed by atoms with E-state index in [1.807, 2.05) is 0 Å². The number of thiophene rings is 1. The molecule has 7 heteroatoms. The summed E-state index contributed by atoms with van der Waals surface area (Å²) in [6, 6.07) is 0. The number of carbonyl (C=O) groups is 2. The highest BCUT2D eigenvalue weighted by Crippen LogP contribution is 2.44. The summed E-state index contributed by atoms with van der Waals surface area (Å²) < 4.78 is 4.59. The summed E-state index contributed by atoms with van der Waals surface area (Å²) in [6.07, 6.45) is 9.96. The Morgan fingerprint density at radius 1 is 1.00 bits per heavy atom. The Kier molecular flexibility index (Phi) is 5.12. The lowest BCUT2D eigenvalue weighted by atomic mass is 9.87. The van der Waals surface area contributed by atoms with Gasteiger partial charge >= 0.3 is 5.97 Å². The monoisotopic (exact) mass is 428 g/mol. The van der Waals surface area contributed by atoms with Gasteiger partial charge in [0.2, 0.25) is 0 Å². The number of fused-ring (bicyclic) bond motifs is 1. The molecular formula is C22H24N2O3S2. The highest BCUT2D eigenvalue weighted by atomic mass is 32.1. The van der Waals surface area contributed by atoms with E-state index in [1.165, 1.54) is 47.7 Å². The van der Waals surface area contributed by atoms with Crippen molar-refractivity contribution in [3.8, 4) is 10.6 Å². The van der Waals surface area contributed by atoms with Gasteiger partial charge in [0.25, 0.3) is 0 Å². The van der Waals surface area contributed by atoms with Gasteiger partial charge in [-0.2, -0.15) is 4.37 Å². The molecule has 29 heavy (non-hydrogen) atoms. The first-order valence-electron chi connectivity index (χ1n) is 10.6. The first-order chi connectivity index (χ1) is 14.1. The maximum atomic E-state index is 13.2. The molecule has 0 unspecified atom stereocenters. The second-order valence-electron chi connectivity index (χ2n) is 8.31. The van der Waals surface area contributed by atoms with E-state index >= 15 is 0 Å². The van der Waals surface area contributed by atoms with Gasteiger partial charge in [-0.15, -0.1) is 11.3 Å². The van der Waals surface area contributed by atoms with Crippen LogP contribution in [0.3, 0.4) is 0 Å². The molecule has 0 atom stereocenters. The minimum absolute atomic E-state index is 0.0196. The molecule has 3 aliphatic carbocycles. The Balaban J connectivity index is 1.51. The summed E-state index contributed by atoms with van der Waals surface area (Å²) in [5.41, 5.74) is 3.36. The van der Waals surface area contributed by atoms with E-state index < -0.39 is 5.97 Å². The molecule has 5 rings (SSSR count).